The molecule has 1 fully saturated rings. The summed E-state index contributed by atoms with van der Waals surface area (Å²) in [6, 6.07) is 24.9. The molecule has 2 heterocycles. The lowest BCUT2D eigenvalue weighted by molar-refractivity contribution is 0.329. The first kappa shape index (κ1) is 44.5. The number of anilines is 1. The van der Waals surface area contributed by atoms with Crippen molar-refractivity contribution in [2.24, 2.45) is 34.7 Å². The number of allylic oxidation sites excluding steroid dienone is 4. The Labute approximate surface area is 343 Å². The zero-order valence-corrected chi connectivity index (χ0v) is 35.3. The summed E-state index contributed by atoms with van der Waals surface area (Å²) < 4.78 is 0. The molecule has 3 aromatic carbocycles. The maximum atomic E-state index is 6.06. The first-order chi connectivity index (χ1) is 27.9. The van der Waals surface area contributed by atoms with Crippen LogP contribution in [0.3, 0.4) is 0 Å². The third kappa shape index (κ3) is 14.6. The lowest BCUT2D eigenvalue weighted by Gasteiger charge is -2.26. The van der Waals surface area contributed by atoms with Crippen molar-refractivity contribution >= 4 is 5.69 Å². The molecule has 0 spiro atoms. The third-order valence-corrected chi connectivity index (χ3v) is 11.3. The van der Waals surface area contributed by atoms with Crippen LogP contribution in [0.5, 0.6) is 0 Å². The van der Waals surface area contributed by atoms with Crippen LogP contribution in [0, 0.1) is 47.0 Å². The zero-order valence-electron chi connectivity index (χ0n) is 35.3. The van der Waals surface area contributed by atoms with Gasteiger partial charge in [0.15, 0.2) is 6.33 Å². The number of benzene rings is 3. The van der Waals surface area contributed by atoms with Crippen LogP contribution in [0.2, 0.25) is 0 Å². The Balaban J connectivity index is 0.000000166. The zero-order chi connectivity index (χ0) is 40.7. The molecule has 4 aromatic rings. The molecule has 0 saturated heterocycles. The summed E-state index contributed by atoms with van der Waals surface area (Å²) in [5.74, 6) is 12.0. The monoisotopic (exact) mass is 766 g/mol. The molecule has 1 aromatic heterocycles. The Morgan fingerprint density at radius 2 is 1.53 bits per heavy atom. The van der Waals surface area contributed by atoms with Crippen molar-refractivity contribution in [2.45, 2.75) is 106 Å². The fraction of sp³-hybridized carbons (Fsp3) is 0.469. The van der Waals surface area contributed by atoms with E-state index in [1.807, 2.05) is 19.1 Å². The normalized spacial score (nSPS) is 20.0. The van der Waals surface area contributed by atoms with Crippen molar-refractivity contribution in [3.8, 4) is 23.2 Å². The van der Waals surface area contributed by atoms with Crippen molar-refractivity contribution in [1.82, 2.24) is 25.3 Å². The summed E-state index contributed by atoms with van der Waals surface area (Å²) in [6.45, 7) is 15.7. The average Bonchev–Trinajstić information content (AvgIpc) is 3.88. The van der Waals surface area contributed by atoms with Crippen molar-refractivity contribution < 1.29 is 0 Å². The molecule has 8 nitrogen and oxygen atoms in total. The Kier molecular flexibility index (Phi) is 19.6. The highest BCUT2D eigenvalue weighted by atomic mass is 15.3. The lowest BCUT2D eigenvalue weighted by atomic mass is 9.85. The number of hydrogen-bond acceptors (Lipinski definition) is 7. The molecule has 0 amide bonds. The summed E-state index contributed by atoms with van der Waals surface area (Å²) in [5, 5.41) is 18.4. The second-order valence-electron chi connectivity index (χ2n) is 15.3. The fourth-order valence-electron chi connectivity index (χ4n) is 7.84. The lowest BCUT2D eigenvalue weighted by Crippen LogP contribution is -2.24. The van der Waals surface area contributed by atoms with Crippen LogP contribution in [0.4, 0.5) is 5.69 Å². The van der Waals surface area contributed by atoms with Crippen molar-refractivity contribution in [3.63, 3.8) is 0 Å². The molecule has 3 aliphatic carbocycles. The van der Waals surface area contributed by atoms with Crippen LogP contribution in [-0.2, 0) is 13.0 Å². The smallest absolute Gasteiger partial charge is 0.214 e. The minimum absolute atomic E-state index is 0.565. The number of nitrogens with zero attached hydrogens (tertiary/aromatic N) is 7. The van der Waals surface area contributed by atoms with E-state index in [-0.39, 0.29) is 0 Å². The van der Waals surface area contributed by atoms with E-state index in [4.69, 9.17) is 5.53 Å². The van der Waals surface area contributed by atoms with Gasteiger partial charge in [-0.25, -0.2) is 0 Å². The molecule has 4 atom stereocenters. The van der Waals surface area contributed by atoms with Crippen molar-refractivity contribution in [2.75, 3.05) is 18.0 Å². The van der Waals surface area contributed by atoms with Crippen LogP contribution in [0.25, 0.3) is 11.4 Å². The van der Waals surface area contributed by atoms with Crippen LogP contribution in [0.1, 0.15) is 115 Å². The van der Waals surface area contributed by atoms with Gasteiger partial charge in [-0.1, -0.05) is 125 Å². The number of rotatable bonds is 6. The Morgan fingerprint density at radius 1 is 0.825 bits per heavy atom. The maximum Gasteiger partial charge on any atom is 0.214 e. The first-order valence-electron chi connectivity index (χ1n) is 21.3. The van der Waals surface area contributed by atoms with E-state index in [2.05, 4.69) is 167 Å². The van der Waals surface area contributed by atoms with Crippen LogP contribution in [-0.4, -0.2) is 33.5 Å². The summed E-state index contributed by atoms with van der Waals surface area (Å²) in [7, 11) is 0. The van der Waals surface area contributed by atoms with E-state index in [0.717, 1.165) is 65.8 Å². The second-order valence-corrected chi connectivity index (χ2v) is 15.3. The molecule has 4 unspecified atom stereocenters. The standard InChI is InChI=1S/C17H15N.C11H20.C10H10N4.C9H14.C2H6N3/c1-2-18-13-16-9-4-3-7-14(16)11-12-15-8-5-6-10-17(15)18;1-10(2)11-8-6-4-3-5-7-9-11;1-2-8-3-5-9(6-4-8)10-13-11-7-12-14-10;1-2-8-5-7-3-4-9(8)6-7;1-2-4-5-3/h3-10H,2,13H2,1H3;3-4,10-11H,5-9H2,1-2H3;3-7H,2H2,1H3;3-4,7-9H,2,5-6H2,1H3;3H,2H2,1H3/q;;;;+1/b;4-3+;;;. The van der Waals surface area contributed by atoms with E-state index < -0.39 is 0 Å². The number of aromatic nitrogens is 4. The van der Waals surface area contributed by atoms with Gasteiger partial charge in [0.2, 0.25) is 10.7 Å². The minimum atomic E-state index is 0.565. The van der Waals surface area contributed by atoms with Gasteiger partial charge in [0.1, 0.15) is 17.2 Å². The molecule has 0 radical (unpaired) electrons. The molecular weight excluding hydrogens is 701 g/mol. The Morgan fingerprint density at radius 3 is 2.12 bits per heavy atom. The van der Waals surface area contributed by atoms with Gasteiger partial charge >= 0.3 is 0 Å². The number of nitrogens with one attached hydrogen (secondary N) is 1. The largest absolute Gasteiger partial charge is 0.366 e. The number of para-hydroxylation sites is 1. The molecular formula is C49H65N8+. The molecule has 8 heteroatoms. The summed E-state index contributed by atoms with van der Waals surface area (Å²) in [4.78, 5) is 5.11. The Bertz CT molecular complexity index is 1920. The second kappa shape index (κ2) is 25.1. The van der Waals surface area contributed by atoms with E-state index in [1.54, 1.807) is 0 Å². The summed E-state index contributed by atoms with van der Waals surface area (Å²) in [5.41, 5.74) is 13.1. The van der Waals surface area contributed by atoms with Gasteiger partial charge in [-0.15, -0.1) is 20.4 Å². The molecule has 300 valence electrons. The van der Waals surface area contributed by atoms with E-state index in [1.165, 1.54) is 74.5 Å². The predicted octanol–water partition coefficient (Wildman–Crippen LogP) is 11.9. The van der Waals surface area contributed by atoms with Gasteiger partial charge < -0.3 is 4.90 Å². The van der Waals surface area contributed by atoms with Crippen LogP contribution in [0.15, 0.2) is 109 Å². The predicted molar refractivity (Wildman–Crippen MR) is 236 cm³/mol. The highest BCUT2D eigenvalue weighted by Gasteiger charge is 2.33. The van der Waals surface area contributed by atoms with E-state index >= 15 is 0 Å². The molecule has 57 heavy (non-hydrogen) atoms. The molecule has 4 aliphatic rings. The molecule has 1 N–H and O–H groups in total. The quantitative estimate of drug-likeness (QED) is 0.0910. The van der Waals surface area contributed by atoms with Gasteiger partial charge in [0, 0.05) is 29.8 Å². The highest BCUT2D eigenvalue weighted by molar-refractivity contribution is 5.64. The van der Waals surface area contributed by atoms with Gasteiger partial charge in [-0.05, 0) is 124 Å². The topological polar surface area (TPSA) is 105 Å². The third-order valence-electron chi connectivity index (χ3n) is 11.3. The van der Waals surface area contributed by atoms with E-state index in [0.29, 0.717) is 12.4 Å². The van der Waals surface area contributed by atoms with Gasteiger partial charge in [0.05, 0.1) is 5.69 Å². The van der Waals surface area contributed by atoms with Gasteiger partial charge in [-0.3, -0.25) is 0 Å². The van der Waals surface area contributed by atoms with Gasteiger partial charge in [-0.2, -0.15) is 0 Å². The molecule has 1 aliphatic heterocycles. The molecule has 2 bridgehead atoms. The Hall–Kier alpha value is -5.25. The molecule has 1 saturated carbocycles. The van der Waals surface area contributed by atoms with Crippen LogP contribution < -0.4 is 9.81 Å². The van der Waals surface area contributed by atoms with Gasteiger partial charge in [0.25, 0.3) is 0 Å². The first-order valence-corrected chi connectivity index (χ1v) is 21.3. The highest BCUT2D eigenvalue weighted by Crippen LogP contribution is 2.44. The summed E-state index contributed by atoms with van der Waals surface area (Å²) >= 11 is 0. The maximum absolute atomic E-state index is 6.06. The number of fused-ring (bicyclic) bond motifs is 4. The molecule has 8 rings (SSSR count). The van der Waals surface area contributed by atoms with Crippen molar-refractivity contribution in [1.29, 1.82) is 5.53 Å². The van der Waals surface area contributed by atoms with E-state index in [9.17, 15) is 0 Å². The summed E-state index contributed by atoms with van der Waals surface area (Å²) in [6.07, 6.45) is 23.1. The fourth-order valence-corrected chi connectivity index (χ4v) is 7.84. The SMILES string of the molecule is CC(C)C1CC/C=C/CCC1.CCC1CC2C=CC1C2.CCN1Cc2ccccc2C#Cc2ccccc21.CCN=[N+]=N.CCc1ccc(-c2nncnn2)cc1. The number of hydrogen-bond donors (Lipinski definition) is 1. The average molecular weight is 766 g/mol. The number of aryl methyl sites for hydroxylation is 1. The van der Waals surface area contributed by atoms with Crippen molar-refractivity contribution in [3.05, 3.63) is 126 Å². The minimum Gasteiger partial charge on any atom is -0.366 e. The van der Waals surface area contributed by atoms with Crippen LogP contribution >= 0.6 is 0 Å².